The number of rotatable bonds is 11. The minimum Gasteiger partial charge on any atom is -0.494 e. The fourth-order valence-corrected chi connectivity index (χ4v) is 5.16. The van der Waals surface area contributed by atoms with Gasteiger partial charge in [-0.1, -0.05) is 36.4 Å². The van der Waals surface area contributed by atoms with Crippen molar-refractivity contribution in [3.8, 4) is 16.9 Å². The molecular weight excluding hydrogens is 566 g/mol. The first-order valence-corrected chi connectivity index (χ1v) is 14.8. The molecule has 0 aliphatic rings. The first-order valence-electron chi connectivity index (χ1n) is 14.0. The smallest absolute Gasteiger partial charge is 0.407 e. The van der Waals surface area contributed by atoms with Gasteiger partial charge >= 0.3 is 6.09 Å². The van der Waals surface area contributed by atoms with E-state index in [1.165, 1.54) is 0 Å². The molecule has 0 saturated heterocycles. The lowest BCUT2D eigenvalue weighted by Crippen LogP contribution is -2.33. The van der Waals surface area contributed by atoms with Gasteiger partial charge in [-0.25, -0.2) is 9.78 Å². The minimum atomic E-state index is -0.529. The zero-order chi connectivity index (χ0) is 30.2. The second kappa shape index (κ2) is 13.5. The van der Waals surface area contributed by atoms with Gasteiger partial charge in [0.15, 0.2) is 0 Å². The molecule has 5 rings (SSSR count). The number of nitrogens with one attached hydrogen (secondary N) is 2. The van der Waals surface area contributed by atoms with Crippen molar-refractivity contribution in [2.24, 2.45) is 0 Å². The first-order chi connectivity index (χ1) is 20.7. The van der Waals surface area contributed by atoms with Crippen LogP contribution in [0.3, 0.4) is 0 Å². The van der Waals surface area contributed by atoms with Crippen molar-refractivity contribution in [3.05, 3.63) is 89.6 Å². The summed E-state index contributed by atoms with van der Waals surface area (Å²) in [6.45, 7) is 6.31. The zero-order valence-corrected chi connectivity index (χ0v) is 25.1. The Morgan fingerprint density at radius 1 is 0.930 bits per heavy atom. The number of alkyl carbamates (subject to hydrolysis) is 1. The molecule has 10 nitrogen and oxygen atoms in total. The lowest BCUT2D eigenvalue weighted by molar-refractivity contribution is -0.115. The van der Waals surface area contributed by atoms with E-state index in [0.29, 0.717) is 43.3 Å². The number of thiazole rings is 1. The number of carbonyl (C=O) groups excluding carboxylic acids is 2. The molecule has 0 spiro atoms. The molecule has 11 heteroatoms. The maximum Gasteiger partial charge on any atom is 0.407 e. The Morgan fingerprint density at radius 3 is 2.47 bits per heavy atom. The van der Waals surface area contributed by atoms with E-state index < -0.39 is 11.7 Å². The normalized spacial score (nSPS) is 11.3. The van der Waals surface area contributed by atoms with Crippen molar-refractivity contribution in [2.75, 3.05) is 18.5 Å². The highest BCUT2D eigenvalue weighted by molar-refractivity contribution is 7.18. The van der Waals surface area contributed by atoms with Crippen LogP contribution in [0, 0.1) is 0 Å². The molecule has 2 amide bonds. The molecule has 0 aliphatic carbocycles. The Balaban J connectivity index is 1.06. The molecule has 0 atom stereocenters. The van der Waals surface area contributed by atoms with Crippen molar-refractivity contribution in [1.82, 2.24) is 20.5 Å². The predicted molar refractivity (Wildman–Crippen MR) is 165 cm³/mol. The third-order valence-electron chi connectivity index (χ3n) is 6.06. The van der Waals surface area contributed by atoms with Crippen LogP contribution in [0.1, 0.15) is 44.0 Å². The number of ether oxygens (including phenoxy) is 2. The molecule has 0 bridgehead atoms. The standard InChI is InChI=1S/C32H33N5O5S/c1-32(2,3)42-31(39)33-16-7-17-40-24-13-11-23(12-14-24)34-27(38)19-28-36-37-29(41-28)20-30-35-25-15-10-22(18-26(25)43-30)21-8-5-4-6-9-21/h4-6,8-15,18H,7,16-17,19-20H2,1-3H3,(H,33,39)(H,34,38). The van der Waals surface area contributed by atoms with Gasteiger partial charge in [0, 0.05) is 12.2 Å². The van der Waals surface area contributed by atoms with E-state index >= 15 is 0 Å². The molecular formula is C32H33N5O5S. The number of aromatic nitrogens is 3. The van der Waals surface area contributed by atoms with Crippen LogP contribution in [0.5, 0.6) is 5.75 Å². The zero-order valence-electron chi connectivity index (χ0n) is 24.3. The molecule has 2 aromatic heterocycles. The lowest BCUT2D eigenvalue weighted by Gasteiger charge is -2.19. The second-order valence-corrected chi connectivity index (χ2v) is 11.9. The fraction of sp³-hybridized carbons (Fsp3) is 0.281. The fourth-order valence-electron chi connectivity index (χ4n) is 4.16. The van der Waals surface area contributed by atoms with E-state index in [9.17, 15) is 9.59 Å². The van der Waals surface area contributed by atoms with Crippen LogP contribution in [0.15, 0.2) is 77.2 Å². The highest BCUT2D eigenvalue weighted by Gasteiger charge is 2.16. The minimum absolute atomic E-state index is 0.0455. The van der Waals surface area contributed by atoms with Crippen molar-refractivity contribution >= 4 is 39.2 Å². The van der Waals surface area contributed by atoms with Crippen molar-refractivity contribution in [2.45, 2.75) is 45.6 Å². The van der Waals surface area contributed by atoms with Crippen molar-refractivity contribution in [3.63, 3.8) is 0 Å². The van der Waals surface area contributed by atoms with Crippen LogP contribution in [0.25, 0.3) is 21.3 Å². The van der Waals surface area contributed by atoms with Gasteiger partial charge in [-0.15, -0.1) is 21.5 Å². The summed E-state index contributed by atoms with van der Waals surface area (Å²) in [6, 6.07) is 23.5. The highest BCUT2D eigenvalue weighted by atomic mass is 32.1. The Hall–Kier alpha value is -4.77. The topological polar surface area (TPSA) is 128 Å². The Kier molecular flexibility index (Phi) is 9.31. The van der Waals surface area contributed by atoms with Crippen LogP contribution in [-0.4, -0.2) is 45.9 Å². The van der Waals surface area contributed by atoms with E-state index in [2.05, 4.69) is 45.1 Å². The molecule has 222 valence electrons. The highest BCUT2D eigenvalue weighted by Crippen LogP contribution is 2.29. The molecule has 2 N–H and O–H groups in total. The largest absolute Gasteiger partial charge is 0.494 e. The van der Waals surface area contributed by atoms with Crippen molar-refractivity contribution < 1.29 is 23.5 Å². The Bertz CT molecular complexity index is 1680. The number of anilines is 1. The SMILES string of the molecule is CC(C)(C)OC(=O)NCCCOc1ccc(NC(=O)Cc2nnc(Cc3nc4ccc(-c5ccccc5)cc4s3)o2)cc1. The van der Waals surface area contributed by atoms with E-state index in [0.717, 1.165) is 26.4 Å². The average molecular weight is 600 g/mol. The van der Waals surface area contributed by atoms with Crippen molar-refractivity contribution in [1.29, 1.82) is 0 Å². The van der Waals surface area contributed by atoms with E-state index in [1.54, 1.807) is 35.6 Å². The summed E-state index contributed by atoms with van der Waals surface area (Å²) >= 11 is 1.59. The quantitative estimate of drug-likeness (QED) is 0.167. The monoisotopic (exact) mass is 599 g/mol. The molecule has 0 fully saturated rings. The summed E-state index contributed by atoms with van der Waals surface area (Å²) < 4.78 is 17.7. The molecule has 43 heavy (non-hydrogen) atoms. The lowest BCUT2D eigenvalue weighted by atomic mass is 10.1. The Labute approximate surface area is 253 Å². The van der Waals surface area contributed by atoms with Gasteiger partial charge in [-0.3, -0.25) is 4.79 Å². The number of amides is 2. The van der Waals surface area contributed by atoms with Crippen LogP contribution in [0.2, 0.25) is 0 Å². The van der Waals surface area contributed by atoms with Gasteiger partial charge in [-0.2, -0.15) is 0 Å². The molecule has 0 unspecified atom stereocenters. The maximum absolute atomic E-state index is 12.6. The maximum atomic E-state index is 12.6. The van der Waals surface area contributed by atoms with Gasteiger partial charge < -0.3 is 24.5 Å². The van der Waals surface area contributed by atoms with Gasteiger partial charge in [0.2, 0.25) is 17.7 Å². The summed E-state index contributed by atoms with van der Waals surface area (Å²) in [5.74, 6) is 1.03. The first kappa shape index (κ1) is 29.7. The summed E-state index contributed by atoms with van der Waals surface area (Å²) in [7, 11) is 0. The van der Waals surface area contributed by atoms with Gasteiger partial charge in [0.1, 0.15) is 22.8 Å². The van der Waals surface area contributed by atoms with Crippen LogP contribution in [0.4, 0.5) is 10.5 Å². The average Bonchev–Trinajstić information content (AvgIpc) is 3.58. The second-order valence-electron chi connectivity index (χ2n) is 10.8. The summed E-state index contributed by atoms with van der Waals surface area (Å²) in [4.78, 5) is 28.9. The summed E-state index contributed by atoms with van der Waals surface area (Å²) in [5, 5.41) is 14.5. The molecule has 2 heterocycles. The van der Waals surface area contributed by atoms with E-state index in [-0.39, 0.29) is 18.2 Å². The molecule has 0 aliphatic heterocycles. The number of benzene rings is 3. The third kappa shape index (κ3) is 8.86. The summed E-state index contributed by atoms with van der Waals surface area (Å²) in [5.41, 5.74) is 3.31. The van der Waals surface area contributed by atoms with Crippen LogP contribution >= 0.6 is 11.3 Å². The molecule has 3 aromatic carbocycles. The van der Waals surface area contributed by atoms with E-state index in [4.69, 9.17) is 18.9 Å². The summed E-state index contributed by atoms with van der Waals surface area (Å²) in [6.07, 6.45) is 0.525. The van der Waals surface area contributed by atoms with E-state index in [1.807, 2.05) is 45.0 Å². The molecule has 0 radical (unpaired) electrons. The van der Waals surface area contributed by atoms with Gasteiger partial charge in [-0.05, 0) is 74.7 Å². The van der Waals surface area contributed by atoms with Crippen LogP contribution in [-0.2, 0) is 22.4 Å². The molecule has 5 aromatic rings. The molecule has 0 saturated carbocycles. The number of carbonyl (C=O) groups is 2. The van der Waals surface area contributed by atoms with Crippen LogP contribution < -0.4 is 15.4 Å². The van der Waals surface area contributed by atoms with Gasteiger partial charge in [0.25, 0.3) is 0 Å². The number of hydrogen-bond donors (Lipinski definition) is 2. The van der Waals surface area contributed by atoms with Gasteiger partial charge in [0.05, 0.1) is 23.2 Å². The number of hydrogen-bond acceptors (Lipinski definition) is 9. The third-order valence-corrected chi connectivity index (χ3v) is 7.08. The Morgan fingerprint density at radius 2 is 1.70 bits per heavy atom. The number of fused-ring (bicyclic) bond motifs is 1. The predicted octanol–water partition coefficient (Wildman–Crippen LogP) is 6.41. The number of nitrogens with zero attached hydrogens (tertiary/aromatic N) is 3.